The topological polar surface area (TPSA) is 66.9 Å². The zero-order valence-corrected chi connectivity index (χ0v) is 16.4. The third-order valence-electron chi connectivity index (χ3n) is 4.60. The van der Waals surface area contributed by atoms with Crippen molar-refractivity contribution in [2.45, 2.75) is 45.4 Å². The second kappa shape index (κ2) is 9.90. The lowest BCUT2D eigenvalue weighted by molar-refractivity contribution is -0.134. The number of ether oxygens (including phenoxy) is 1. The lowest BCUT2D eigenvalue weighted by atomic mass is 10.1. The van der Waals surface area contributed by atoms with E-state index in [0.29, 0.717) is 12.2 Å². The molecule has 2 rings (SSSR count). The van der Waals surface area contributed by atoms with Crippen molar-refractivity contribution in [2.24, 2.45) is 0 Å². The summed E-state index contributed by atoms with van der Waals surface area (Å²) < 4.78 is 5.73. The van der Waals surface area contributed by atoms with Gasteiger partial charge in [0.1, 0.15) is 11.3 Å². The van der Waals surface area contributed by atoms with Gasteiger partial charge in [-0.25, -0.2) is 4.79 Å². The molecule has 1 aromatic carbocycles. The highest BCUT2D eigenvalue weighted by atomic mass is 16.5. The van der Waals surface area contributed by atoms with Gasteiger partial charge in [-0.3, -0.25) is 19.4 Å². The minimum Gasteiger partial charge on any atom is -0.494 e. The first-order valence-corrected chi connectivity index (χ1v) is 9.50. The number of hydrogen-bond acceptors (Lipinski definition) is 4. The summed E-state index contributed by atoms with van der Waals surface area (Å²) in [6.45, 7) is 2.89. The molecule has 6 nitrogen and oxygen atoms in total. The number of urea groups is 1. The van der Waals surface area contributed by atoms with Crippen LogP contribution < -0.4 is 4.74 Å². The van der Waals surface area contributed by atoms with Gasteiger partial charge in [0.2, 0.25) is 0 Å². The second-order valence-electron chi connectivity index (χ2n) is 6.75. The van der Waals surface area contributed by atoms with Crippen molar-refractivity contribution in [1.82, 2.24) is 9.80 Å². The van der Waals surface area contributed by atoms with E-state index in [2.05, 4.69) is 6.92 Å². The Morgan fingerprint density at radius 2 is 1.41 bits per heavy atom. The molecule has 6 heteroatoms. The van der Waals surface area contributed by atoms with Crippen LogP contribution in [0.3, 0.4) is 0 Å². The first-order valence-electron chi connectivity index (χ1n) is 9.50. The summed E-state index contributed by atoms with van der Waals surface area (Å²) in [5.41, 5.74) is 0.676. The van der Waals surface area contributed by atoms with Crippen molar-refractivity contribution in [2.75, 3.05) is 20.7 Å². The van der Waals surface area contributed by atoms with Crippen molar-refractivity contribution in [1.29, 1.82) is 0 Å². The summed E-state index contributed by atoms with van der Waals surface area (Å²) >= 11 is 0. The molecule has 1 saturated heterocycles. The van der Waals surface area contributed by atoms with Gasteiger partial charge in [0.25, 0.3) is 11.8 Å². The third-order valence-corrected chi connectivity index (χ3v) is 4.60. The van der Waals surface area contributed by atoms with Crippen molar-refractivity contribution < 1.29 is 19.1 Å². The molecule has 27 heavy (non-hydrogen) atoms. The average Bonchev–Trinajstić information content (AvgIpc) is 2.68. The van der Waals surface area contributed by atoms with E-state index in [1.54, 1.807) is 12.1 Å². The lowest BCUT2D eigenvalue weighted by Crippen LogP contribution is -2.52. The fraction of sp³-hybridized carbons (Fsp3) is 0.476. The molecule has 0 atom stereocenters. The monoisotopic (exact) mass is 372 g/mol. The van der Waals surface area contributed by atoms with Crippen molar-refractivity contribution in [3.8, 4) is 5.75 Å². The number of carbonyl (C=O) groups is 3. The van der Waals surface area contributed by atoms with E-state index in [1.807, 2.05) is 12.1 Å². The summed E-state index contributed by atoms with van der Waals surface area (Å²) in [4.78, 5) is 38.0. The molecule has 1 aromatic rings. The van der Waals surface area contributed by atoms with Crippen LogP contribution in [0, 0.1) is 0 Å². The number of imide groups is 2. The second-order valence-corrected chi connectivity index (χ2v) is 6.75. The van der Waals surface area contributed by atoms with Crippen LogP contribution in [0.25, 0.3) is 6.08 Å². The first-order chi connectivity index (χ1) is 13.0. The van der Waals surface area contributed by atoms with Crippen LogP contribution in [-0.2, 0) is 9.59 Å². The molecule has 1 aliphatic rings. The number of amides is 4. The summed E-state index contributed by atoms with van der Waals surface area (Å²) in [6, 6.07) is 6.60. The van der Waals surface area contributed by atoms with E-state index in [1.165, 1.54) is 52.3 Å². The summed E-state index contributed by atoms with van der Waals surface area (Å²) in [6.07, 6.45) is 8.78. The summed E-state index contributed by atoms with van der Waals surface area (Å²) in [5, 5.41) is 0. The average molecular weight is 372 g/mol. The Labute approximate surface area is 160 Å². The molecule has 1 heterocycles. The van der Waals surface area contributed by atoms with Gasteiger partial charge in [-0.05, 0) is 30.2 Å². The van der Waals surface area contributed by atoms with Gasteiger partial charge in [0.05, 0.1) is 6.61 Å². The van der Waals surface area contributed by atoms with Crippen LogP contribution >= 0.6 is 0 Å². The highest BCUT2D eigenvalue weighted by Crippen LogP contribution is 2.20. The van der Waals surface area contributed by atoms with Crippen LogP contribution in [0.2, 0.25) is 0 Å². The van der Waals surface area contributed by atoms with E-state index in [0.717, 1.165) is 22.0 Å². The number of hydrogen-bond donors (Lipinski definition) is 0. The smallest absolute Gasteiger partial charge is 0.333 e. The molecule has 0 saturated carbocycles. The Morgan fingerprint density at radius 3 is 2.00 bits per heavy atom. The van der Waals surface area contributed by atoms with Crippen molar-refractivity contribution in [3.05, 3.63) is 35.4 Å². The molecule has 0 N–H and O–H groups in total. The fourth-order valence-corrected chi connectivity index (χ4v) is 2.87. The quantitative estimate of drug-likeness (QED) is 0.375. The Bertz CT molecular complexity index is 683. The van der Waals surface area contributed by atoms with E-state index in [4.69, 9.17) is 4.74 Å². The van der Waals surface area contributed by atoms with Crippen molar-refractivity contribution >= 4 is 23.9 Å². The van der Waals surface area contributed by atoms with Crippen LogP contribution in [-0.4, -0.2) is 48.3 Å². The maximum absolute atomic E-state index is 12.2. The first kappa shape index (κ1) is 20.7. The number of nitrogens with zero attached hydrogens (tertiary/aromatic N) is 2. The minimum absolute atomic E-state index is 0.0275. The van der Waals surface area contributed by atoms with E-state index in [-0.39, 0.29) is 5.57 Å². The Morgan fingerprint density at radius 1 is 0.852 bits per heavy atom. The molecule has 0 bridgehead atoms. The molecule has 146 valence electrons. The number of unbranched alkanes of at least 4 members (excludes halogenated alkanes) is 5. The lowest BCUT2D eigenvalue weighted by Gasteiger charge is -2.28. The molecule has 0 aliphatic carbocycles. The minimum atomic E-state index is -0.624. The predicted octanol–water partition coefficient (Wildman–Crippen LogP) is 3.86. The van der Waals surface area contributed by atoms with Gasteiger partial charge in [-0.2, -0.15) is 0 Å². The third kappa shape index (κ3) is 5.42. The Hall–Kier alpha value is -2.63. The normalized spacial score (nSPS) is 14.8. The molecule has 0 aromatic heterocycles. The number of likely N-dealkylation sites (N-methyl/N-ethyl adjacent to an activating group) is 2. The Balaban J connectivity index is 1.91. The largest absolute Gasteiger partial charge is 0.494 e. The number of benzene rings is 1. The molecule has 0 spiro atoms. The zero-order chi connectivity index (χ0) is 19.8. The highest BCUT2D eigenvalue weighted by molar-refractivity contribution is 6.30. The van der Waals surface area contributed by atoms with E-state index < -0.39 is 17.8 Å². The van der Waals surface area contributed by atoms with Gasteiger partial charge >= 0.3 is 6.03 Å². The van der Waals surface area contributed by atoms with Crippen molar-refractivity contribution in [3.63, 3.8) is 0 Å². The van der Waals surface area contributed by atoms with E-state index in [9.17, 15) is 14.4 Å². The zero-order valence-electron chi connectivity index (χ0n) is 16.4. The molecule has 0 unspecified atom stereocenters. The molecule has 4 amide bonds. The van der Waals surface area contributed by atoms with Gasteiger partial charge in [-0.15, -0.1) is 0 Å². The molecule has 1 aliphatic heterocycles. The van der Waals surface area contributed by atoms with E-state index >= 15 is 0 Å². The van der Waals surface area contributed by atoms with Gasteiger partial charge < -0.3 is 4.74 Å². The van der Waals surface area contributed by atoms with Gasteiger partial charge in [0.15, 0.2) is 0 Å². The summed E-state index contributed by atoms with van der Waals surface area (Å²) in [7, 11) is 2.72. The molecule has 1 fully saturated rings. The fourth-order valence-electron chi connectivity index (χ4n) is 2.87. The van der Waals surface area contributed by atoms with Crippen LogP contribution in [0.15, 0.2) is 29.8 Å². The van der Waals surface area contributed by atoms with Crippen LogP contribution in [0.1, 0.15) is 51.0 Å². The predicted molar refractivity (Wildman–Crippen MR) is 104 cm³/mol. The highest BCUT2D eigenvalue weighted by Gasteiger charge is 2.37. The van der Waals surface area contributed by atoms with Gasteiger partial charge in [-0.1, -0.05) is 51.2 Å². The number of barbiturate groups is 1. The maximum atomic E-state index is 12.2. The van der Waals surface area contributed by atoms with Crippen LogP contribution in [0.4, 0.5) is 4.79 Å². The maximum Gasteiger partial charge on any atom is 0.333 e. The van der Waals surface area contributed by atoms with Gasteiger partial charge in [0, 0.05) is 14.1 Å². The number of carbonyl (C=O) groups excluding carboxylic acids is 3. The summed E-state index contributed by atoms with van der Waals surface area (Å²) in [5.74, 6) is -0.422. The van der Waals surface area contributed by atoms with Crippen LogP contribution in [0.5, 0.6) is 5.75 Å². The Kier molecular flexibility index (Phi) is 7.58. The molecular formula is C21H28N2O4. The standard InChI is InChI=1S/C21H28N2O4/c1-4-5-6-7-8-9-14-27-17-12-10-16(11-13-17)15-18-19(24)22(2)21(26)23(3)20(18)25/h10-13,15H,4-9,14H2,1-3H3. The SMILES string of the molecule is CCCCCCCCOc1ccc(C=C2C(=O)N(C)C(=O)N(C)C2=O)cc1. The number of rotatable bonds is 9. The molecular weight excluding hydrogens is 344 g/mol. The molecule has 0 radical (unpaired) electrons.